The molecule has 6 nitrogen and oxygen atoms in total. The lowest BCUT2D eigenvalue weighted by atomic mass is 9.75. The van der Waals surface area contributed by atoms with Crippen LogP contribution in [0.25, 0.3) is 0 Å². The molecule has 0 radical (unpaired) electrons. The van der Waals surface area contributed by atoms with Crippen molar-refractivity contribution in [2.24, 2.45) is 11.8 Å². The number of likely N-dealkylation sites (tertiary alicyclic amines) is 1. The first-order valence-electron chi connectivity index (χ1n) is 10.8. The number of carbonyl (C=O) groups excluding carboxylic acids is 2. The van der Waals surface area contributed by atoms with E-state index in [9.17, 15) is 9.59 Å². The third-order valence-electron chi connectivity index (χ3n) is 6.36. The van der Waals surface area contributed by atoms with E-state index in [4.69, 9.17) is 16.3 Å². The first kappa shape index (κ1) is 21.5. The van der Waals surface area contributed by atoms with Crippen molar-refractivity contribution in [3.8, 4) is 5.75 Å². The van der Waals surface area contributed by atoms with E-state index in [2.05, 4.69) is 10.6 Å². The number of anilines is 2. The first-order chi connectivity index (χ1) is 15.0. The Labute approximate surface area is 187 Å². The van der Waals surface area contributed by atoms with Gasteiger partial charge in [-0.3, -0.25) is 4.79 Å². The van der Waals surface area contributed by atoms with Crippen molar-refractivity contribution in [1.82, 2.24) is 4.90 Å². The van der Waals surface area contributed by atoms with Gasteiger partial charge in [0.1, 0.15) is 5.75 Å². The maximum Gasteiger partial charge on any atom is 0.323 e. The summed E-state index contributed by atoms with van der Waals surface area (Å²) >= 11 is 6.43. The summed E-state index contributed by atoms with van der Waals surface area (Å²) in [4.78, 5) is 27.3. The fourth-order valence-electron chi connectivity index (χ4n) is 4.72. The van der Waals surface area contributed by atoms with Crippen molar-refractivity contribution < 1.29 is 14.3 Å². The van der Waals surface area contributed by atoms with Crippen LogP contribution in [0.15, 0.2) is 42.5 Å². The molecule has 1 heterocycles. The second-order valence-electron chi connectivity index (χ2n) is 8.35. The van der Waals surface area contributed by atoms with Gasteiger partial charge in [-0.05, 0) is 55.0 Å². The van der Waals surface area contributed by atoms with Gasteiger partial charge in [0, 0.05) is 30.5 Å². The molecular formula is C24H28ClN3O3. The Morgan fingerprint density at radius 2 is 1.74 bits per heavy atom. The molecule has 1 aliphatic carbocycles. The summed E-state index contributed by atoms with van der Waals surface area (Å²) in [5.74, 6) is 2.01. The van der Waals surface area contributed by atoms with Gasteiger partial charge in [0.25, 0.3) is 5.91 Å². The maximum absolute atomic E-state index is 13.1. The highest BCUT2D eigenvalue weighted by Gasteiger charge is 2.33. The molecule has 2 atom stereocenters. The van der Waals surface area contributed by atoms with Crippen LogP contribution in [-0.4, -0.2) is 37.0 Å². The van der Waals surface area contributed by atoms with Crippen molar-refractivity contribution in [2.75, 3.05) is 30.8 Å². The van der Waals surface area contributed by atoms with Crippen LogP contribution < -0.4 is 15.4 Å². The fraction of sp³-hybridized carbons (Fsp3) is 0.417. The van der Waals surface area contributed by atoms with Crippen molar-refractivity contribution in [3.05, 3.63) is 53.1 Å². The number of hydrogen-bond acceptors (Lipinski definition) is 3. The molecule has 4 rings (SSSR count). The molecule has 0 bridgehead atoms. The summed E-state index contributed by atoms with van der Waals surface area (Å²) in [6, 6.07) is 11.7. The highest BCUT2D eigenvalue weighted by molar-refractivity contribution is 6.34. The summed E-state index contributed by atoms with van der Waals surface area (Å²) in [5, 5.41) is 5.85. The SMILES string of the molecule is COc1cccc(NC(=O)Nc2ccc(C(=O)N3CCC4CCCCC4C3)c(Cl)c2)c1. The number of benzene rings is 2. The molecule has 3 amide bonds. The Hall–Kier alpha value is -2.73. The topological polar surface area (TPSA) is 70.7 Å². The van der Waals surface area contributed by atoms with Crippen molar-refractivity contribution in [2.45, 2.75) is 32.1 Å². The maximum atomic E-state index is 13.1. The fourth-order valence-corrected chi connectivity index (χ4v) is 4.98. The molecule has 2 fully saturated rings. The second kappa shape index (κ2) is 9.60. The van der Waals surface area contributed by atoms with Crippen LogP contribution in [-0.2, 0) is 0 Å². The van der Waals surface area contributed by atoms with Crippen molar-refractivity contribution in [1.29, 1.82) is 0 Å². The minimum Gasteiger partial charge on any atom is -0.497 e. The molecular weight excluding hydrogens is 414 g/mol. The minimum absolute atomic E-state index is 0.0265. The zero-order valence-corrected chi connectivity index (χ0v) is 18.5. The Morgan fingerprint density at radius 3 is 2.48 bits per heavy atom. The zero-order valence-electron chi connectivity index (χ0n) is 17.7. The van der Waals surface area contributed by atoms with Crippen molar-refractivity contribution in [3.63, 3.8) is 0 Å². The number of amides is 3. The number of hydrogen-bond donors (Lipinski definition) is 2. The third kappa shape index (κ3) is 5.13. The number of nitrogens with one attached hydrogen (secondary N) is 2. The monoisotopic (exact) mass is 441 g/mol. The number of methoxy groups -OCH3 is 1. The van der Waals surface area contributed by atoms with Gasteiger partial charge >= 0.3 is 6.03 Å². The van der Waals surface area contributed by atoms with Crippen LogP contribution in [0, 0.1) is 11.8 Å². The zero-order chi connectivity index (χ0) is 21.8. The minimum atomic E-state index is -0.400. The van der Waals surface area contributed by atoms with Crippen LogP contribution in [0.5, 0.6) is 5.75 Å². The van der Waals surface area contributed by atoms with Crippen LogP contribution in [0.2, 0.25) is 5.02 Å². The molecule has 1 saturated carbocycles. The number of piperidine rings is 1. The highest BCUT2D eigenvalue weighted by atomic mass is 35.5. The lowest BCUT2D eigenvalue weighted by molar-refractivity contribution is 0.0521. The molecule has 1 aliphatic heterocycles. The molecule has 2 aromatic carbocycles. The predicted octanol–water partition coefficient (Wildman–Crippen LogP) is 5.64. The number of ether oxygens (including phenoxy) is 1. The van der Waals surface area contributed by atoms with Gasteiger partial charge in [0.05, 0.1) is 17.7 Å². The molecule has 2 aromatic rings. The standard InChI is InChI=1S/C24H28ClN3O3/c1-31-20-8-4-7-18(13-20)26-24(30)27-19-9-10-21(22(25)14-19)23(29)28-12-11-16-5-2-3-6-17(16)15-28/h4,7-10,13-14,16-17H,2-3,5-6,11-12,15H2,1H3,(H2,26,27,30). The predicted molar refractivity (Wildman–Crippen MR) is 123 cm³/mol. The van der Waals surface area contributed by atoms with Crippen LogP contribution in [0.4, 0.5) is 16.2 Å². The first-order valence-corrected chi connectivity index (χ1v) is 11.2. The van der Waals surface area contributed by atoms with E-state index in [1.54, 1.807) is 49.6 Å². The number of halogens is 1. The van der Waals surface area contributed by atoms with Gasteiger partial charge in [0.2, 0.25) is 0 Å². The molecule has 0 aromatic heterocycles. The van der Waals surface area contributed by atoms with E-state index in [0.717, 1.165) is 25.4 Å². The summed E-state index contributed by atoms with van der Waals surface area (Å²) < 4.78 is 5.16. The largest absolute Gasteiger partial charge is 0.497 e. The molecule has 1 saturated heterocycles. The number of rotatable bonds is 4. The highest BCUT2D eigenvalue weighted by Crippen LogP contribution is 2.37. The second-order valence-corrected chi connectivity index (χ2v) is 8.76. The number of urea groups is 1. The molecule has 2 N–H and O–H groups in total. The number of fused-ring (bicyclic) bond motifs is 1. The molecule has 31 heavy (non-hydrogen) atoms. The van der Waals surface area contributed by atoms with E-state index in [-0.39, 0.29) is 5.91 Å². The Morgan fingerprint density at radius 1 is 1.00 bits per heavy atom. The Balaban J connectivity index is 1.38. The molecule has 164 valence electrons. The van der Waals surface area contributed by atoms with Crippen molar-refractivity contribution >= 4 is 34.9 Å². The Kier molecular flexibility index (Phi) is 6.66. The van der Waals surface area contributed by atoms with E-state index >= 15 is 0 Å². The Bertz CT molecular complexity index is 965. The molecule has 2 unspecified atom stereocenters. The number of carbonyl (C=O) groups is 2. The van der Waals surface area contributed by atoms with E-state index in [0.29, 0.717) is 33.6 Å². The molecule has 2 aliphatic rings. The van der Waals surface area contributed by atoms with Gasteiger partial charge in [0.15, 0.2) is 0 Å². The third-order valence-corrected chi connectivity index (χ3v) is 6.68. The normalized spacial score (nSPS) is 20.5. The summed E-state index contributed by atoms with van der Waals surface area (Å²) in [5.41, 5.74) is 1.61. The van der Waals surface area contributed by atoms with Crippen LogP contribution >= 0.6 is 11.6 Å². The lowest BCUT2D eigenvalue weighted by Gasteiger charge is -2.41. The van der Waals surface area contributed by atoms with Gasteiger partial charge in [-0.2, -0.15) is 0 Å². The number of nitrogens with zero attached hydrogens (tertiary/aromatic N) is 1. The van der Waals surface area contributed by atoms with Crippen LogP contribution in [0.1, 0.15) is 42.5 Å². The summed E-state index contributed by atoms with van der Waals surface area (Å²) in [6.07, 6.45) is 6.18. The van der Waals surface area contributed by atoms with Gasteiger partial charge in [-0.1, -0.05) is 36.9 Å². The van der Waals surface area contributed by atoms with Gasteiger partial charge in [-0.15, -0.1) is 0 Å². The van der Waals surface area contributed by atoms with E-state index < -0.39 is 6.03 Å². The smallest absolute Gasteiger partial charge is 0.323 e. The molecule has 7 heteroatoms. The lowest BCUT2D eigenvalue weighted by Crippen LogP contribution is -2.44. The van der Waals surface area contributed by atoms with Gasteiger partial charge in [-0.25, -0.2) is 4.79 Å². The van der Waals surface area contributed by atoms with E-state index in [1.807, 2.05) is 4.90 Å². The molecule has 0 spiro atoms. The summed E-state index contributed by atoms with van der Waals surface area (Å²) in [7, 11) is 1.57. The van der Waals surface area contributed by atoms with Gasteiger partial charge < -0.3 is 20.3 Å². The summed E-state index contributed by atoms with van der Waals surface area (Å²) in [6.45, 7) is 1.61. The quantitative estimate of drug-likeness (QED) is 0.644. The average Bonchev–Trinajstić information content (AvgIpc) is 2.78. The van der Waals surface area contributed by atoms with Crippen LogP contribution in [0.3, 0.4) is 0 Å². The van der Waals surface area contributed by atoms with E-state index in [1.165, 1.54) is 25.7 Å². The average molecular weight is 442 g/mol.